The van der Waals surface area contributed by atoms with E-state index in [0.29, 0.717) is 46.8 Å². The van der Waals surface area contributed by atoms with Gasteiger partial charge in [0, 0.05) is 18.7 Å². The van der Waals surface area contributed by atoms with E-state index >= 15 is 0 Å². The Morgan fingerprint density at radius 1 is 1.26 bits per heavy atom. The standard InChI is InChI=1S/C24H26FN7O3/c1-4-32-18-12-19(34-13-15(26)11-14-7-5-6-8-16(14)25)28-17(9-10-24(2,3)33)20(18)29-23(32)21-22(27)31-35-30-21/h5-8,12,15,33H,4,11,13,26H2,1-3H3,(H2,27,31)/t15-/m1/s1. The third-order valence-electron chi connectivity index (χ3n) is 5.13. The average Bonchev–Trinajstić information content (AvgIpc) is 3.39. The second-order valence-corrected chi connectivity index (χ2v) is 8.53. The van der Waals surface area contributed by atoms with Gasteiger partial charge < -0.3 is 25.9 Å². The monoisotopic (exact) mass is 479 g/mol. The van der Waals surface area contributed by atoms with Crippen molar-refractivity contribution < 1.29 is 18.9 Å². The van der Waals surface area contributed by atoms with Gasteiger partial charge in [0.15, 0.2) is 17.3 Å². The molecule has 0 aliphatic heterocycles. The van der Waals surface area contributed by atoms with Gasteiger partial charge in [0.1, 0.15) is 29.2 Å². The maximum absolute atomic E-state index is 14.0. The van der Waals surface area contributed by atoms with Crippen molar-refractivity contribution in [1.29, 1.82) is 0 Å². The van der Waals surface area contributed by atoms with Gasteiger partial charge in [0.05, 0.1) is 5.52 Å². The summed E-state index contributed by atoms with van der Waals surface area (Å²) in [5.74, 6) is 6.12. The molecule has 3 heterocycles. The SMILES string of the molecule is CCn1c(-c2nonc2N)nc2c(C#CC(C)(C)O)nc(OC[C@H](N)Cc3ccccc3F)cc21. The largest absolute Gasteiger partial charge is 0.476 e. The summed E-state index contributed by atoms with van der Waals surface area (Å²) in [7, 11) is 0. The van der Waals surface area contributed by atoms with Gasteiger partial charge >= 0.3 is 0 Å². The number of aliphatic hydroxyl groups is 1. The number of anilines is 1. The molecule has 35 heavy (non-hydrogen) atoms. The van der Waals surface area contributed by atoms with Crippen molar-refractivity contribution in [3.63, 3.8) is 0 Å². The maximum atomic E-state index is 14.0. The van der Waals surface area contributed by atoms with E-state index in [-0.39, 0.29) is 24.1 Å². The number of pyridine rings is 1. The van der Waals surface area contributed by atoms with E-state index in [9.17, 15) is 9.50 Å². The minimum absolute atomic E-state index is 0.0957. The summed E-state index contributed by atoms with van der Waals surface area (Å²) < 4.78 is 26.5. The molecule has 0 amide bonds. The first kappa shape index (κ1) is 24.1. The van der Waals surface area contributed by atoms with Gasteiger partial charge in [0.25, 0.3) is 0 Å². The fourth-order valence-corrected chi connectivity index (χ4v) is 3.52. The average molecular weight is 480 g/mol. The number of aryl methyl sites for hydroxylation is 1. The highest BCUT2D eigenvalue weighted by Gasteiger charge is 2.22. The lowest BCUT2D eigenvalue weighted by Gasteiger charge is -2.14. The Hall–Kier alpha value is -4.01. The number of aromatic nitrogens is 5. The quantitative estimate of drug-likeness (QED) is 0.339. The second kappa shape index (κ2) is 9.69. The molecular formula is C24H26FN7O3. The number of imidazole rings is 1. The van der Waals surface area contributed by atoms with Crippen molar-refractivity contribution in [2.75, 3.05) is 12.3 Å². The molecule has 0 bridgehead atoms. The van der Waals surface area contributed by atoms with Gasteiger partial charge in [-0.1, -0.05) is 24.1 Å². The van der Waals surface area contributed by atoms with E-state index in [4.69, 9.17) is 20.8 Å². The number of rotatable bonds is 7. The Bertz CT molecular complexity index is 1410. The van der Waals surface area contributed by atoms with Crippen LogP contribution >= 0.6 is 0 Å². The summed E-state index contributed by atoms with van der Waals surface area (Å²) in [6.07, 6.45) is 0.301. The minimum atomic E-state index is -1.25. The maximum Gasteiger partial charge on any atom is 0.216 e. The molecule has 182 valence electrons. The smallest absolute Gasteiger partial charge is 0.216 e. The van der Waals surface area contributed by atoms with Crippen LogP contribution in [0.5, 0.6) is 5.88 Å². The summed E-state index contributed by atoms with van der Waals surface area (Å²) in [4.78, 5) is 9.13. The topological polar surface area (TPSA) is 151 Å². The molecule has 0 fully saturated rings. The molecule has 0 aliphatic carbocycles. The number of hydrogen-bond acceptors (Lipinski definition) is 9. The molecule has 11 heteroatoms. The zero-order valence-electron chi connectivity index (χ0n) is 19.6. The Kier molecular flexibility index (Phi) is 6.68. The molecule has 0 spiro atoms. The molecule has 0 aliphatic rings. The lowest BCUT2D eigenvalue weighted by Crippen LogP contribution is -2.30. The summed E-state index contributed by atoms with van der Waals surface area (Å²) in [5, 5.41) is 17.6. The number of halogens is 1. The fourth-order valence-electron chi connectivity index (χ4n) is 3.52. The van der Waals surface area contributed by atoms with Gasteiger partial charge in [-0.2, -0.15) is 0 Å². The first-order chi connectivity index (χ1) is 16.7. The van der Waals surface area contributed by atoms with E-state index in [0.717, 1.165) is 0 Å². The van der Waals surface area contributed by atoms with Gasteiger partial charge in [0.2, 0.25) is 5.88 Å². The Labute approximate surface area is 201 Å². The normalized spacial score (nSPS) is 12.4. The fraction of sp³-hybridized carbons (Fsp3) is 0.333. The Balaban J connectivity index is 1.71. The number of nitrogens with two attached hydrogens (primary N) is 2. The highest BCUT2D eigenvalue weighted by molar-refractivity contribution is 5.86. The van der Waals surface area contributed by atoms with E-state index in [1.165, 1.54) is 6.07 Å². The van der Waals surface area contributed by atoms with E-state index in [1.54, 1.807) is 38.1 Å². The van der Waals surface area contributed by atoms with E-state index < -0.39 is 11.6 Å². The number of fused-ring (bicyclic) bond motifs is 1. The van der Waals surface area contributed by atoms with Gasteiger partial charge in [-0.25, -0.2) is 19.0 Å². The first-order valence-electron chi connectivity index (χ1n) is 11.0. The molecule has 0 saturated carbocycles. The lowest BCUT2D eigenvalue weighted by molar-refractivity contribution is 0.143. The van der Waals surface area contributed by atoms with Crippen molar-refractivity contribution in [3.05, 3.63) is 47.4 Å². The van der Waals surface area contributed by atoms with Crippen LogP contribution in [-0.4, -0.2) is 48.2 Å². The molecule has 0 radical (unpaired) electrons. The second-order valence-electron chi connectivity index (χ2n) is 8.53. The van der Waals surface area contributed by atoms with Crippen LogP contribution in [0.2, 0.25) is 0 Å². The molecular weight excluding hydrogens is 453 g/mol. The number of ether oxygens (including phenoxy) is 1. The first-order valence-corrected chi connectivity index (χ1v) is 11.0. The van der Waals surface area contributed by atoms with Gasteiger partial charge in [-0.15, -0.1) is 0 Å². The van der Waals surface area contributed by atoms with Crippen LogP contribution in [0.1, 0.15) is 32.0 Å². The zero-order chi connectivity index (χ0) is 25.2. The molecule has 0 saturated heterocycles. The van der Waals surface area contributed by atoms with Crippen LogP contribution in [-0.2, 0) is 13.0 Å². The summed E-state index contributed by atoms with van der Waals surface area (Å²) in [6, 6.07) is 7.72. The van der Waals surface area contributed by atoms with E-state index in [1.807, 2.05) is 11.5 Å². The van der Waals surface area contributed by atoms with Gasteiger partial charge in [-0.3, -0.25) is 0 Å². The number of hydrogen-bond donors (Lipinski definition) is 3. The molecule has 10 nitrogen and oxygen atoms in total. The zero-order valence-corrected chi connectivity index (χ0v) is 19.6. The summed E-state index contributed by atoms with van der Waals surface area (Å²) in [6.45, 7) is 5.68. The van der Waals surface area contributed by atoms with Crippen LogP contribution in [0, 0.1) is 17.7 Å². The van der Waals surface area contributed by atoms with Crippen molar-refractivity contribution in [3.8, 4) is 29.2 Å². The predicted octanol–water partition coefficient (Wildman–Crippen LogP) is 2.29. The third-order valence-corrected chi connectivity index (χ3v) is 5.13. The van der Waals surface area contributed by atoms with Gasteiger partial charge in [-0.05, 0) is 55.1 Å². The molecule has 5 N–H and O–H groups in total. The molecule has 3 aromatic heterocycles. The van der Waals surface area contributed by atoms with Crippen LogP contribution in [0.4, 0.5) is 10.2 Å². The lowest BCUT2D eigenvalue weighted by atomic mass is 10.1. The molecule has 1 atom stereocenters. The summed E-state index contributed by atoms with van der Waals surface area (Å²) >= 11 is 0. The minimum Gasteiger partial charge on any atom is -0.476 e. The van der Waals surface area contributed by atoms with Crippen molar-refractivity contribution in [2.24, 2.45) is 5.73 Å². The third kappa shape index (κ3) is 5.40. The highest BCUT2D eigenvalue weighted by atomic mass is 19.1. The van der Waals surface area contributed by atoms with Crippen molar-refractivity contribution in [1.82, 2.24) is 24.8 Å². The van der Waals surface area contributed by atoms with Crippen LogP contribution in [0.15, 0.2) is 35.0 Å². The Morgan fingerprint density at radius 3 is 2.69 bits per heavy atom. The molecule has 4 aromatic rings. The summed E-state index contributed by atoms with van der Waals surface area (Å²) in [5.41, 5.74) is 13.1. The van der Waals surface area contributed by atoms with E-state index in [2.05, 4.69) is 32.1 Å². The molecule has 0 unspecified atom stereocenters. The van der Waals surface area contributed by atoms with Crippen LogP contribution in [0.3, 0.4) is 0 Å². The highest BCUT2D eigenvalue weighted by Crippen LogP contribution is 2.30. The number of nitrogens with zero attached hydrogens (tertiary/aromatic N) is 5. The number of nitrogen functional groups attached to an aromatic ring is 1. The Morgan fingerprint density at radius 2 is 2.03 bits per heavy atom. The van der Waals surface area contributed by atoms with Crippen LogP contribution < -0.4 is 16.2 Å². The molecule has 4 rings (SSSR count). The number of benzene rings is 1. The van der Waals surface area contributed by atoms with Crippen molar-refractivity contribution in [2.45, 2.75) is 45.4 Å². The van der Waals surface area contributed by atoms with Crippen LogP contribution in [0.25, 0.3) is 22.6 Å². The molecule has 1 aromatic carbocycles. The predicted molar refractivity (Wildman–Crippen MR) is 128 cm³/mol. The van der Waals surface area contributed by atoms with Crippen molar-refractivity contribution >= 4 is 16.9 Å².